The number of aliphatic hydroxyl groups excluding tert-OH is 1. The molecular formula is C42H42ClFO6. The van der Waals surface area contributed by atoms with E-state index in [9.17, 15) is 9.50 Å². The number of hydrogen-bond donors (Lipinski definition) is 2. The first-order valence-electron chi connectivity index (χ1n) is 16.8. The minimum absolute atomic E-state index is 0.140. The maximum absolute atomic E-state index is 14.1. The Bertz CT molecular complexity index is 1820. The van der Waals surface area contributed by atoms with Gasteiger partial charge < -0.3 is 29.2 Å². The predicted octanol–water partition coefficient (Wildman–Crippen LogP) is 8.88. The molecule has 1 heterocycles. The molecule has 50 heavy (non-hydrogen) atoms. The Morgan fingerprint density at radius 1 is 0.760 bits per heavy atom. The van der Waals surface area contributed by atoms with Crippen LogP contribution in [0.3, 0.4) is 0 Å². The molecule has 2 N–H and O–H groups in total. The van der Waals surface area contributed by atoms with Gasteiger partial charge in [0.2, 0.25) is 0 Å². The van der Waals surface area contributed by atoms with Crippen LogP contribution in [0.25, 0.3) is 0 Å². The number of hydrogen-bond acceptors (Lipinski definition) is 6. The number of ether oxygens (including phenoxy) is 4. The van der Waals surface area contributed by atoms with E-state index < -0.39 is 17.2 Å². The van der Waals surface area contributed by atoms with Gasteiger partial charge in [0.25, 0.3) is 0 Å². The standard InChI is InChI=1S/C35H34ClFO5.C7H8O/c1-39-35(28-13-14-29(36)27(20-28)18-26-12-15-31(38)30(37)19-26)21-32(40-22-24-8-4-2-5-9-24)33(34(42-35)16-17-34)41-23-25-10-6-3-7-11-25;8-6-7-4-2-1-3-5-7/h2-15,19-20,32-33,38H,16-18,21-23H2,1H3;1-5,8H,6H2/t32?,33-,35+;/m0./s1. The molecule has 1 aliphatic carbocycles. The summed E-state index contributed by atoms with van der Waals surface area (Å²) in [5.74, 6) is -2.14. The van der Waals surface area contributed by atoms with Gasteiger partial charge in [-0.2, -0.15) is 0 Å². The molecule has 5 aromatic carbocycles. The largest absolute Gasteiger partial charge is 0.505 e. The molecule has 2 fully saturated rings. The third-order valence-corrected chi connectivity index (χ3v) is 9.63. The van der Waals surface area contributed by atoms with Crippen LogP contribution in [0.15, 0.2) is 127 Å². The molecule has 3 atom stereocenters. The predicted molar refractivity (Wildman–Crippen MR) is 191 cm³/mol. The van der Waals surface area contributed by atoms with Crippen molar-refractivity contribution in [3.05, 3.63) is 172 Å². The lowest BCUT2D eigenvalue weighted by molar-refractivity contribution is -0.341. The van der Waals surface area contributed by atoms with Crippen molar-refractivity contribution in [1.29, 1.82) is 0 Å². The van der Waals surface area contributed by atoms with E-state index in [0.717, 1.165) is 40.7 Å². The lowest BCUT2D eigenvalue weighted by atomic mass is 9.88. The van der Waals surface area contributed by atoms with Crippen LogP contribution in [0.5, 0.6) is 5.75 Å². The molecule has 8 heteroatoms. The van der Waals surface area contributed by atoms with Crippen LogP contribution < -0.4 is 0 Å². The minimum Gasteiger partial charge on any atom is -0.505 e. The Labute approximate surface area is 298 Å². The van der Waals surface area contributed by atoms with Crippen molar-refractivity contribution in [2.75, 3.05) is 7.11 Å². The lowest BCUT2D eigenvalue weighted by Crippen LogP contribution is -2.57. The molecular weight excluding hydrogens is 655 g/mol. The van der Waals surface area contributed by atoms with E-state index in [2.05, 4.69) is 12.1 Å². The zero-order valence-corrected chi connectivity index (χ0v) is 28.8. The second kappa shape index (κ2) is 16.3. The Hall–Kier alpha value is -4.08. The van der Waals surface area contributed by atoms with Gasteiger partial charge in [-0.15, -0.1) is 0 Å². The maximum Gasteiger partial charge on any atom is 0.197 e. The average molecular weight is 697 g/mol. The minimum atomic E-state index is -1.09. The van der Waals surface area contributed by atoms with Crippen LogP contribution in [0, 0.1) is 5.82 Å². The molecule has 0 radical (unpaired) electrons. The summed E-state index contributed by atoms with van der Waals surface area (Å²) in [4.78, 5) is 0. The lowest BCUT2D eigenvalue weighted by Gasteiger charge is -2.48. The summed E-state index contributed by atoms with van der Waals surface area (Å²) in [6.45, 7) is 1.03. The molecule has 0 amide bonds. The first-order chi connectivity index (χ1) is 24.3. The van der Waals surface area contributed by atoms with Crippen molar-refractivity contribution in [2.45, 2.75) is 69.1 Å². The van der Waals surface area contributed by atoms with E-state index >= 15 is 0 Å². The van der Waals surface area contributed by atoms with Crippen molar-refractivity contribution in [3.63, 3.8) is 0 Å². The molecule has 7 rings (SSSR count). The summed E-state index contributed by atoms with van der Waals surface area (Å²) in [5, 5.41) is 18.7. The monoisotopic (exact) mass is 696 g/mol. The molecule has 5 aromatic rings. The van der Waals surface area contributed by atoms with Gasteiger partial charge in [0.1, 0.15) is 11.7 Å². The summed E-state index contributed by atoms with van der Waals surface area (Å²) >= 11 is 6.61. The molecule has 2 aliphatic rings. The fourth-order valence-corrected chi connectivity index (χ4v) is 6.61. The van der Waals surface area contributed by atoms with Gasteiger partial charge >= 0.3 is 0 Å². The highest BCUT2D eigenvalue weighted by Crippen LogP contribution is 2.56. The third kappa shape index (κ3) is 8.61. The van der Waals surface area contributed by atoms with Gasteiger partial charge in [-0.25, -0.2) is 4.39 Å². The van der Waals surface area contributed by atoms with Crippen LogP contribution in [0.1, 0.15) is 52.6 Å². The Morgan fingerprint density at radius 2 is 1.36 bits per heavy atom. The quantitative estimate of drug-likeness (QED) is 0.144. The van der Waals surface area contributed by atoms with Crippen LogP contribution >= 0.6 is 11.6 Å². The normalized spacial score (nSPS) is 20.6. The van der Waals surface area contributed by atoms with E-state index in [1.807, 2.05) is 97.1 Å². The number of rotatable bonds is 11. The number of aliphatic hydroxyl groups is 1. The average Bonchev–Trinajstić information content (AvgIpc) is 3.92. The van der Waals surface area contributed by atoms with Crippen molar-refractivity contribution in [1.82, 2.24) is 0 Å². The van der Waals surface area contributed by atoms with E-state index in [-0.39, 0.29) is 24.6 Å². The second-order valence-electron chi connectivity index (χ2n) is 12.8. The summed E-state index contributed by atoms with van der Waals surface area (Å²) in [6.07, 6.45) is 1.86. The van der Waals surface area contributed by atoms with Gasteiger partial charge in [0.15, 0.2) is 17.4 Å². The Balaban J connectivity index is 0.000000477. The Kier molecular flexibility index (Phi) is 11.6. The summed E-state index contributed by atoms with van der Waals surface area (Å²) < 4.78 is 40.4. The first kappa shape index (κ1) is 35.7. The fraction of sp³-hybridized carbons (Fsp3) is 0.286. The van der Waals surface area contributed by atoms with Crippen molar-refractivity contribution in [2.24, 2.45) is 0 Å². The van der Waals surface area contributed by atoms with Crippen LogP contribution in [0.2, 0.25) is 5.02 Å². The van der Waals surface area contributed by atoms with Crippen molar-refractivity contribution < 1.29 is 33.6 Å². The zero-order valence-electron chi connectivity index (χ0n) is 28.0. The highest BCUT2D eigenvalue weighted by molar-refractivity contribution is 6.31. The van der Waals surface area contributed by atoms with Gasteiger partial charge in [-0.3, -0.25) is 0 Å². The van der Waals surface area contributed by atoms with Crippen LogP contribution in [-0.4, -0.2) is 35.1 Å². The summed E-state index contributed by atoms with van der Waals surface area (Å²) in [6, 6.07) is 39.8. The molecule has 1 saturated heterocycles. The molecule has 1 unspecified atom stereocenters. The number of phenolic OH excluding ortho intramolecular Hbond substituents is 1. The number of benzene rings is 5. The highest BCUT2D eigenvalue weighted by atomic mass is 35.5. The second-order valence-corrected chi connectivity index (χ2v) is 13.2. The molecule has 0 bridgehead atoms. The SMILES string of the molecule is CO[C@]1(c2ccc(Cl)c(Cc3ccc(O)c(F)c3)c2)CC(OCc2ccccc2)[C@H](OCc2ccccc2)C2(CC2)O1.OCc1ccccc1. The third-order valence-electron chi connectivity index (χ3n) is 9.26. The van der Waals surface area contributed by atoms with Crippen LogP contribution in [-0.2, 0) is 51.0 Å². The Morgan fingerprint density at radius 3 is 1.90 bits per heavy atom. The number of halogens is 2. The molecule has 0 aromatic heterocycles. The molecule has 260 valence electrons. The summed E-state index contributed by atoms with van der Waals surface area (Å²) in [7, 11) is 1.65. The van der Waals surface area contributed by atoms with E-state index in [1.165, 1.54) is 12.1 Å². The smallest absolute Gasteiger partial charge is 0.197 e. The van der Waals surface area contributed by atoms with E-state index in [1.54, 1.807) is 13.2 Å². The fourth-order valence-electron chi connectivity index (χ4n) is 6.42. The van der Waals surface area contributed by atoms with Crippen LogP contribution in [0.4, 0.5) is 4.39 Å². The van der Waals surface area contributed by atoms with Crippen molar-refractivity contribution in [3.8, 4) is 5.75 Å². The zero-order chi connectivity index (χ0) is 35.0. The first-order valence-corrected chi connectivity index (χ1v) is 17.2. The van der Waals surface area contributed by atoms with Gasteiger partial charge in [0, 0.05) is 24.1 Å². The van der Waals surface area contributed by atoms with Gasteiger partial charge in [-0.05, 0) is 71.3 Å². The van der Waals surface area contributed by atoms with Gasteiger partial charge in [-0.1, -0.05) is 115 Å². The summed E-state index contributed by atoms with van der Waals surface area (Å²) in [5.41, 5.74) is 4.88. The molecule has 1 saturated carbocycles. The number of aromatic hydroxyl groups is 1. The maximum atomic E-state index is 14.1. The van der Waals surface area contributed by atoms with Crippen molar-refractivity contribution >= 4 is 11.6 Å². The highest BCUT2D eigenvalue weighted by Gasteiger charge is 2.64. The topological polar surface area (TPSA) is 77.4 Å². The molecule has 1 spiro atoms. The number of phenols is 1. The van der Waals surface area contributed by atoms with Gasteiger partial charge in [0.05, 0.1) is 25.9 Å². The molecule has 6 nitrogen and oxygen atoms in total. The molecule has 1 aliphatic heterocycles. The van der Waals surface area contributed by atoms with E-state index in [0.29, 0.717) is 36.6 Å². The number of methoxy groups -OCH3 is 1. The van der Waals surface area contributed by atoms with E-state index in [4.69, 9.17) is 35.7 Å².